The van der Waals surface area contributed by atoms with Crippen LogP contribution in [0.5, 0.6) is 0 Å². The summed E-state index contributed by atoms with van der Waals surface area (Å²) in [5, 5.41) is 7.88. The Bertz CT molecular complexity index is 478. The van der Waals surface area contributed by atoms with E-state index in [9.17, 15) is 0 Å². The van der Waals surface area contributed by atoms with Gasteiger partial charge in [-0.05, 0) is 41.4 Å². The lowest BCUT2D eigenvalue weighted by molar-refractivity contribution is 0.654. The maximum Gasteiger partial charge on any atom is 0.153 e. The molecule has 0 aliphatic carbocycles. The molecule has 0 aliphatic heterocycles. The van der Waals surface area contributed by atoms with Crippen molar-refractivity contribution in [2.24, 2.45) is 12.8 Å². The fraction of sp³-hybridized carbons (Fsp3) is 0.400. The molecule has 0 saturated carbocycles. The monoisotopic (exact) mass is 300 g/mol. The minimum atomic E-state index is -0.174. The molecule has 86 valence electrons. The molecule has 4 nitrogen and oxygen atoms in total. The fourth-order valence-corrected chi connectivity index (χ4v) is 3.18. The van der Waals surface area contributed by atoms with Gasteiger partial charge in [0.25, 0.3) is 0 Å². The van der Waals surface area contributed by atoms with E-state index in [1.807, 2.05) is 7.05 Å². The second kappa shape index (κ2) is 4.27. The summed E-state index contributed by atoms with van der Waals surface area (Å²) in [6.45, 7) is 4.20. The van der Waals surface area contributed by atoms with E-state index in [4.69, 9.17) is 5.73 Å². The van der Waals surface area contributed by atoms with E-state index < -0.39 is 0 Å². The summed E-state index contributed by atoms with van der Waals surface area (Å²) in [6.07, 6.45) is 0. The molecule has 0 amide bonds. The maximum absolute atomic E-state index is 6.22. The molecule has 0 aromatic carbocycles. The van der Waals surface area contributed by atoms with Crippen molar-refractivity contribution in [3.8, 4) is 0 Å². The Labute approximate surface area is 107 Å². The largest absolute Gasteiger partial charge is 0.318 e. The molecule has 6 heteroatoms. The van der Waals surface area contributed by atoms with Crippen molar-refractivity contribution >= 4 is 27.3 Å². The first-order valence-corrected chi connectivity index (χ1v) is 6.49. The van der Waals surface area contributed by atoms with Crippen molar-refractivity contribution in [1.82, 2.24) is 15.0 Å². The van der Waals surface area contributed by atoms with Crippen LogP contribution >= 0.6 is 27.3 Å². The number of rotatable bonds is 2. The van der Waals surface area contributed by atoms with E-state index in [0.29, 0.717) is 4.60 Å². The van der Waals surface area contributed by atoms with E-state index >= 15 is 0 Å². The van der Waals surface area contributed by atoms with Gasteiger partial charge in [0.2, 0.25) is 0 Å². The summed E-state index contributed by atoms with van der Waals surface area (Å²) >= 11 is 5.09. The van der Waals surface area contributed by atoms with Crippen LogP contribution in [0.1, 0.15) is 27.1 Å². The lowest BCUT2D eigenvalue weighted by atomic mass is 10.1. The van der Waals surface area contributed by atoms with Crippen LogP contribution in [0.25, 0.3) is 0 Å². The summed E-state index contributed by atoms with van der Waals surface area (Å²) in [5.74, 6) is 0. The summed E-state index contributed by atoms with van der Waals surface area (Å²) < 4.78 is 2.42. The Balaban J connectivity index is 2.42. The van der Waals surface area contributed by atoms with Crippen LogP contribution in [-0.4, -0.2) is 15.0 Å². The van der Waals surface area contributed by atoms with Crippen molar-refractivity contribution in [2.45, 2.75) is 19.9 Å². The Hall–Kier alpha value is -0.720. The summed E-state index contributed by atoms with van der Waals surface area (Å²) in [4.78, 5) is 2.44. The van der Waals surface area contributed by atoms with Crippen molar-refractivity contribution in [2.75, 3.05) is 0 Å². The smallest absolute Gasteiger partial charge is 0.153 e. The quantitative estimate of drug-likeness (QED) is 0.926. The van der Waals surface area contributed by atoms with Gasteiger partial charge in [-0.15, -0.1) is 16.4 Å². The van der Waals surface area contributed by atoms with Gasteiger partial charge in [-0.2, -0.15) is 0 Å². The summed E-state index contributed by atoms with van der Waals surface area (Å²) in [5.41, 5.74) is 8.41. The van der Waals surface area contributed by atoms with E-state index in [0.717, 1.165) is 10.6 Å². The summed E-state index contributed by atoms with van der Waals surface area (Å²) in [7, 11) is 1.85. The molecule has 0 fully saturated rings. The number of aromatic nitrogens is 3. The molecule has 0 aliphatic rings. The highest BCUT2D eigenvalue weighted by Gasteiger charge is 2.20. The van der Waals surface area contributed by atoms with E-state index in [1.54, 1.807) is 16.0 Å². The topological polar surface area (TPSA) is 56.7 Å². The predicted octanol–water partition coefficient (Wildman–Crippen LogP) is 2.30. The van der Waals surface area contributed by atoms with Crippen LogP contribution in [0.4, 0.5) is 0 Å². The van der Waals surface area contributed by atoms with Crippen LogP contribution < -0.4 is 5.73 Å². The van der Waals surface area contributed by atoms with Gasteiger partial charge in [0.1, 0.15) is 0 Å². The standard InChI is InChI=1S/C10H13BrN4S/c1-5-4-7(16-6(5)2)8(12)9-10(11)13-14-15(9)3/h4,8H,12H2,1-3H3. The van der Waals surface area contributed by atoms with Crippen molar-refractivity contribution < 1.29 is 0 Å². The third-order valence-electron chi connectivity index (χ3n) is 2.61. The maximum atomic E-state index is 6.22. The molecule has 1 unspecified atom stereocenters. The second-order valence-electron chi connectivity index (χ2n) is 3.75. The number of hydrogen-bond acceptors (Lipinski definition) is 4. The SMILES string of the molecule is Cc1cc(C(N)c2c(Br)nnn2C)sc1C. The molecule has 2 aromatic heterocycles. The van der Waals surface area contributed by atoms with Gasteiger partial charge in [-0.25, -0.2) is 4.68 Å². The highest BCUT2D eigenvalue weighted by atomic mass is 79.9. The van der Waals surface area contributed by atoms with E-state index in [2.05, 4.69) is 46.2 Å². The Kier molecular flexibility index (Phi) is 3.14. The number of nitrogens with zero attached hydrogens (tertiary/aromatic N) is 3. The normalized spacial score (nSPS) is 13.1. The van der Waals surface area contributed by atoms with Crippen LogP contribution in [0, 0.1) is 13.8 Å². The first-order chi connectivity index (χ1) is 7.50. The molecular formula is C10H13BrN4S. The first-order valence-electron chi connectivity index (χ1n) is 4.88. The molecule has 2 aromatic rings. The number of thiophene rings is 1. The molecule has 2 heterocycles. The Morgan fingerprint density at radius 3 is 2.62 bits per heavy atom. The van der Waals surface area contributed by atoms with Gasteiger partial charge in [0, 0.05) is 16.8 Å². The molecular weight excluding hydrogens is 288 g/mol. The first kappa shape index (κ1) is 11.8. The van der Waals surface area contributed by atoms with Crippen molar-refractivity contribution in [3.63, 3.8) is 0 Å². The highest BCUT2D eigenvalue weighted by Crippen LogP contribution is 2.31. The van der Waals surface area contributed by atoms with Gasteiger partial charge in [0.15, 0.2) is 4.60 Å². The zero-order valence-corrected chi connectivity index (χ0v) is 11.8. The molecule has 0 radical (unpaired) electrons. The lowest BCUT2D eigenvalue weighted by Crippen LogP contribution is -2.15. The van der Waals surface area contributed by atoms with E-state index in [-0.39, 0.29) is 6.04 Å². The van der Waals surface area contributed by atoms with E-state index in [1.165, 1.54) is 10.4 Å². The molecule has 0 bridgehead atoms. The Morgan fingerprint density at radius 2 is 2.19 bits per heavy atom. The number of hydrogen-bond donors (Lipinski definition) is 1. The van der Waals surface area contributed by atoms with Gasteiger partial charge in [0.05, 0.1) is 11.7 Å². The average Bonchev–Trinajstić information content (AvgIpc) is 2.72. The Morgan fingerprint density at radius 1 is 1.50 bits per heavy atom. The van der Waals surface area contributed by atoms with Gasteiger partial charge < -0.3 is 5.73 Å². The lowest BCUT2D eigenvalue weighted by Gasteiger charge is -2.09. The molecule has 0 saturated heterocycles. The van der Waals surface area contributed by atoms with Gasteiger partial charge in [-0.1, -0.05) is 5.21 Å². The zero-order valence-electron chi connectivity index (χ0n) is 9.36. The van der Waals surface area contributed by atoms with Crippen LogP contribution in [0.15, 0.2) is 10.7 Å². The van der Waals surface area contributed by atoms with Crippen LogP contribution in [-0.2, 0) is 7.05 Å². The average molecular weight is 301 g/mol. The van der Waals surface area contributed by atoms with Crippen LogP contribution in [0.2, 0.25) is 0 Å². The van der Waals surface area contributed by atoms with Gasteiger partial charge in [-0.3, -0.25) is 0 Å². The number of halogens is 1. The predicted molar refractivity (Wildman–Crippen MR) is 68.5 cm³/mol. The zero-order chi connectivity index (χ0) is 11.9. The third-order valence-corrected chi connectivity index (χ3v) is 4.41. The minimum absolute atomic E-state index is 0.174. The summed E-state index contributed by atoms with van der Waals surface area (Å²) in [6, 6.07) is 1.95. The number of nitrogens with two attached hydrogens (primary N) is 1. The molecule has 0 spiro atoms. The highest BCUT2D eigenvalue weighted by molar-refractivity contribution is 9.10. The van der Waals surface area contributed by atoms with Gasteiger partial charge >= 0.3 is 0 Å². The third kappa shape index (κ3) is 1.92. The van der Waals surface area contributed by atoms with Crippen molar-refractivity contribution in [1.29, 1.82) is 0 Å². The fourth-order valence-electron chi connectivity index (χ4n) is 1.56. The molecule has 1 atom stereocenters. The second-order valence-corrected chi connectivity index (χ2v) is 5.79. The van der Waals surface area contributed by atoms with Crippen LogP contribution in [0.3, 0.4) is 0 Å². The van der Waals surface area contributed by atoms with Crippen molar-refractivity contribution in [3.05, 3.63) is 31.7 Å². The molecule has 2 N–H and O–H groups in total. The minimum Gasteiger partial charge on any atom is -0.318 e. The number of aryl methyl sites for hydroxylation is 3. The molecule has 16 heavy (non-hydrogen) atoms. The molecule has 2 rings (SSSR count).